The number of anilines is 1. The van der Waals surface area contributed by atoms with Crippen LogP contribution in [-0.4, -0.2) is 114 Å². The fraction of sp³-hybridized carbons (Fsp3) is 0.674. The monoisotopic (exact) mass is 771 g/mol. The number of aromatic nitrogens is 2. The van der Waals surface area contributed by atoms with Gasteiger partial charge in [0.1, 0.15) is 12.0 Å². The van der Waals surface area contributed by atoms with E-state index in [9.17, 15) is 9.59 Å². The highest BCUT2D eigenvalue weighted by atomic mass is 32.1. The second kappa shape index (κ2) is 16.6. The SMILES string of the molecule is Cc1ncsc1-c1ccc(C(C)NC(=O)C2CCCN2C(=O)C(c2cc(N3CCC(CN4CCC5(CC4)CC(N4CCOCC4)C5)CC3)no2)C(C)C)cc1. The lowest BCUT2D eigenvalue weighted by Gasteiger charge is -2.56. The van der Waals surface area contributed by atoms with Crippen LogP contribution in [0, 0.1) is 24.2 Å². The molecule has 298 valence electrons. The number of piperidine rings is 2. The van der Waals surface area contributed by atoms with Crippen LogP contribution < -0.4 is 10.2 Å². The van der Waals surface area contributed by atoms with Gasteiger partial charge in [0, 0.05) is 51.4 Å². The maximum atomic E-state index is 14.2. The largest absolute Gasteiger partial charge is 0.379 e. The molecule has 3 atom stereocenters. The van der Waals surface area contributed by atoms with Gasteiger partial charge in [0.15, 0.2) is 11.6 Å². The minimum atomic E-state index is -0.497. The van der Waals surface area contributed by atoms with E-state index >= 15 is 0 Å². The average Bonchev–Trinajstić information content (AvgIpc) is 3.97. The van der Waals surface area contributed by atoms with Crippen LogP contribution >= 0.6 is 11.3 Å². The summed E-state index contributed by atoms with van der Waals surface area (Å²) in [5.41, 5.74) is 5.64. The first-order chi connectivity index (χ1) is 26.7. The minimum absolute atomic E-state index is 0.00293. The molecular weight excluding hydrogens is 711 g/mol. The highest BCUT2D eigenvalue weighted by Crippen LogP contribution is 2.51. The number of ether oxygens (including phenoxy) is 1. The summed E-state index contributed by atoms with van der Waals surface area (Å²) in [4.78, 5) is 43.0. The smallest absolute Gasteiger partial charge is 0.243 e. The minimum Gasteiger partial charge on any atom is -0.379 e. The van der Waals surface area contributed by atoms with Crippen molar-refractivity contribution in [2.75, 3.05) is 70.5 Å². The molecule has 1 aliphatic carbocycles. The van der Waals surface area contributed by atoms with E-state index in [1.54, 1.807) is 16.2 Å². The Hall–Kier alpha value is -3.32. The van der Waals surface area contributed by atoms with E-state index in [1.165, 1.54) is 45.3 Å². The molecule has 12 heteroatoms. The number of nitrogens with zero attached hydrogens (tertiary/aromatic N) is 6. The molecule has 5 aliphatic rings. The predicted octanol–water partition coefficient (Wildman–Crippen LogP) is 6.51. The Kier molecular flexibility index (Phi) is 11.7. The summed E-state index contributed by atoms with van der Waals surface area (Å²) < 4.78 is 11.5. The van der Waals surface area contributed by atoms with Crippen LogP contribution in [0.1, 0.15) is 101 Å². The number of rotatable bonds is 11. The van der Waals surface area contributed by atoms with Crippen LogP contribution in [0.5, 0.6) is 0 Å². The molecule has 1 N–H and O–H groups in total. The number of morpholine rings is 1. The van der Waals surface area contributed by atoms with E-state index in [0.717, 1.165) is 92.2 Å². The van der Waals surface area contributed by atoms with Crippen LogP contribution in [0.4, 0.5) is 5.82 Å². The Morgan fingerprint density at radius 1 is 0.964 bits per heavy atom. The van der Waals surface area contributed by atoms with E-state index in [2.05, 4.69) is 68.3 Å². The van der Waals surface area contributed by atoms with Crippen molar-refractivity contribution in [3.05, 3.63) is 52.9 Å². The van der Waals surface area contributed by atoms with Crippen LogP contribution in [0.15, 0.2) is 40.4 Å². The van der Waals surface area contributed by atoms with Crippen molar-refractivity contribution >= 4 is 29.0 Å². The molecule has 2 aromatic heterocycles. The Bertz CT molecular complexity index is 1750. The number of amides is 2. The normalized spacial score (nSPS) is 24.0. The highest BCUT2D eigenvalue weighted by Gasteiger charge is 2.48. The van der Waals surface area contributed by atoms with Gasteiger partial charge in [-0.3, -0.25) is 14.5 Å². The number of thiazole rings is 1. The summed E-state index contributed by atoms with van der Waals surface area (Å²) >= 11 is 1.63. The van der Waals surface area contributed by atoms with Crippen molar-refractivity contribution in [1.29, 1.82) is 0 Å². The van der Waals surface area contributed by atoms with Gasteiger partial charge in [0.05, 0.1) is 35.3 Å². The second-order valence-corrected chi connectivity index (χ2v) is 18.4. The Balaban J connectivity index is 0.811. The molecule has 11 nitrogen and oxygen atoms in total. The molecule has 8 rings (SSSR count). The van der Waals surface area contributed by atoms with Crippen molar-refractivity contribution < 1.29 is 18.8 Å². The van der Waals surface area contributed by atoms with Gasteiger partial charge in [0.2, 0.25) is 11.8 Å². The third-order valence-corrected chi connectivity index (χ3v) is 14.6. The fourth-order valence-electron chi connectivity index (χ4n) is 10.2. The number of likely N-dealkylation sites (tertiary alicyclic amines) is 2. The molecular formula is C43H61N7O4S. The van der Waals surface area contributed by atoms with Gasteiger partial charge in [-0.15, -0.1) is 11.3 Å². The molecule has 1 aromatic carbocycles. The first-order valence-electron chi connectivity index (χ1n) is 21.0. The van der Waals surface area contributed by atoms with Crippen molar-refractivity contribution in [2.24, 2.45) is 17.3 Å². The predicted molar refractivity (Wildman–Crippen MR) is 216 cm³/mol. The van der Waals surface area contributed by atoms with E-state index in [1.807, 2.05) is 25.4 Å². The standard InChI is InChI=1S/C43H61N7O4S/c1-29(2)39(42(52)50-15-5-6-36(50)41(51)45-30(3)33-7-9-34(10-8-33)40-31(4)44-28-55-40)37-24-38(46-54-37)49-16-11-32(12-17-49)27-47-18-13-43(14-19-47)25-35(26-43)48-20-22-53-23-21-48/h7-10,24,28-30,32,35-36,39H,5-6,11-23,25-27H2,1-4H3,(H,45,51). The van der Waals surface area contributed by atoms with Crippen LogP contribution in [0.2, 0.25) is 0 Å². The van der Waals surface area contributed by atoms with Crippen LogP contribution in [0.25, 0.3) is 10.4 Å². The van der Waals surface area contributed by atoms with Gasteiger partial charge in [-0.05, 0) is 107 Å². The number of hydrogen-bond acceptors (Lipinski definition) is 10. The number of aryl methyl sites for hydroxylation is 1. The van der Waals surface area contributed by atoms with E-state index in [4.69, 9.17) is 9.26 Å². The zero-order valence-corrected chi connectivity index (χ0v) is 34.2. The first kappa shape index (κ1) is 38.5. The topological polar surface area (TPSA) is 107 Å². The summed E-state index contributed by atoms with van der Waals surface area (Å²) in [6.45, 7) is 18.3. The van der Waals surface area contributed by atoms with Crippen molar-refractivity contribution in [3.8, 4) is 10.4 Å². The van der Waals surface area contributed by atoms with Gasteiger partial charge in [-0.2, -0.15) is 0 Å². The third kappa shape index (κ3) is 8.38. The first-order valence-corrected chi connectivity index (χ1v) is 21.9. The molecule has 1 spiro atoms. The highest BCUT2D eigenvalue weighted by molar-refractivity contribution is 7.13. The fourth-order valence-corrected chi connectivity index (χ4v) is 11.0. The number of nitrogens with one attached hydrogen (secondary N) is 1. The molecule has 5 fully saturated rings. The summed E-state index contributed by atoms with van der Waals surface area (Å²) in [5.74, 6) is 1.49. The summed E-state index contributed by atoms with van der Waals surface area (Å²) in [6.07, 6.45) is 9.24. The molecule has 2 amide bonds. The number of benzene rings is 1. The Morgan fingerprint density at radius 3 is 2.36 bits per heavy atom. The van der Waals surface area contributed by atoms with Crippen molar-refractivity contribution in [2.45, 2.75) is 103 Å². The van der Waals surface area contributed by atoms with E-state index in [0.29, 0.717) is 30.1 Å². The number of hydrogen-bond donors (Lipinski definition) is 1. The van der Waals surface area contributed by atoms with Crippen molar-refractivity contribution in [3.63, 3.8) is 0 Å². The number of carbonyl (C=O) groups excluding carboxylic acids is 2. The molecule has 3 aromatic rings. The zero-order chi connectivity index (χ0) is 38.1. The van der Waals surface area contributed by atoms with Crippen LogP contribution in [-0.2, 0) is 14.3 Å². The van der Waals surface area contributed by atoms with Gasteiger partial charge in [-0.1, -0.05) is 43.3 Å². The summed E-state index contributed by atoms with van der Waals surface area (Å²) in [5, 5.41) is 7.70. The zero-order valence-electron chi connectivity index (χ0n) is 33.4. The summed E-state index contributed by atoms with van der Waals surface area (Å²) in [6, 6.07) is 10.4. The summed E-state index contributed by atoms with van der Waals surface area (Å²) in [7, 11) is 0. The molecule has 4 aliphatic heterocycles. The quantitative estimate of drug-likeness (QED) is 0.234. The lowest BCUT2D eigenvalue weighted by Crippen LogP contribution is -2.57. The second-order valence-electron chi connectivity index (χ2n) is 17.6. The third-order valence-electron chi connectivity index (χ3n) is 13.6. The van der Waals surface area contributed by atoms with Gasteiger partial charge in [-0.25, -0.2) is 4.98 Å². The molecule has 6 heterocycles. The maximum absolute atomic E-state index is 14.2. The van der Waals surface area contributed by atoms with Gasteiger partial charge in [0.25, 0.3) is 0 Å². The lowest BCUT2D eigenvalue weighted by atomic mass is 9.60. The van der Waals surface area contributed by atoms with Gasteiger partial charge < -0.3 is 29.3 Å². The van der Waals surface area contributed by atoms with Crippen molar-refractivity contribution in [1.82, 2.24) is 30.2 Å². The Labute approximate surface area is 331 Å². The molecule has 0 bridgehead atoms. The Morgan fingerprint density at radius 2 is 1.69 bits per heavy atom. The molecule has 3 unspecified atom stereocenters. The molecule has 1 saturated carbocycles. The number of carbonyl (C=O) groups is 2. The van der Waals surface area contributed by atoms with E-state index < -0.39 is 12.0 Å². The van der Waals surface area contributed by atoms with Gasteiger partial charge >= 0.3 is 0 Å². The van der Waals surface area contributed by atoms with E-state index in [-0.39, 0.29) is 23.8 Å². The molecule has 4 saturated heterocycles. The molecule has 55 heavy (non-hydrogen) atoms. The average molecular weight is 772 g/mol. The molecule has 0 radical (unpaired) electrons. The van der Waals surface area contributed by atoms with Crippen LogP contribution in [0.3, 0.4) is 0 Å². The maximum Gasteiger partial charge on any atom is 0.243 e. The lowest BCUT2D eigenvalue weighted by molar-refractivity contribution is -0.141.